The van der Waals surface area contributed by atoms with Crippen LogP contribution in [0.4, 0.5) is 5.69 Å². The van der Waals surface area contributed by atoms with E-state index in [4.69, 9.17) is 4.74 Å². The van der Waals surface area contributed by atoms with E-state index in [0.717, 1.165) is 11.5 Å². The van der Waals surface area contributed by atoms with Crippen molar-refractivity contribution in [2.45, 2.75) is 20.8 Å². The van der Waals surface area contributed by atoms with Crippen molar-refractivity contribution in [1.29, 1.82) is 0 Å². The van der Waals surface area contributed by atoms with Crippen LogP contribution in [0.25, 0.3) is 5.82 Å². The highest BCUT2D eigenvalue weighted by atomic mass is 16.5. The highest BCUT2D eigenvalue weighted by Gasteiger charge is 2.08. The van der Waals surface area contributed by atoms with Crippen LogP contribution in [0.3, 0.4) is 0 Å². The third-order valence-corrected chi connectivity index (χ3v) is 3.54. The number of ether oxygens (including phenoxy) is 1. The molecule has 0 aliphatic heterocycles. The second-order valence-electron chi connectivity index (χ2n) is 5.97. The molecule has 0 spiro atoms. The molecule has 2 heterocycles. The maximum absolute atomic E-state index is 11.7. The van der Waals surface area contributed by atoms with Crippen LogP contribution in [0.2, 0.25) is 0 Å². The van der Waals surface area contributed by atoms with Crippen LogP contribution < -0.4 is 10.1 Å². The van der Waals surface area contributed by atoms with Gasteiger partial charge in [-0.15, -0.1) is 0 Å². The molecule has 0 aliphatic carbocycles. The summed E-state index contributed by atoms with van der Waals surface area (Å²) in [7, 11) is 0. The summed E-state index contributed by atoms with van der Waals surface area (Å²) in [6, 6.07) is 12.8. The summed E-state index contributed by atoms with van der Waals surface area (Å²) < 4.78 is 7.72. The molecule has 0 radical (unpaired) electrons. The van der Waals surface area contributed by atoms with Crippen molar-refractivity contribution in [2.75, 3.05) is 5.32 Å². The van der Waals surface area contributed by atoms with Crippen LogP contribution in [0, 0.1) is 12.8 Å². The Labute approximate surface area is 146 Å². The highest BCUT2D eigenvalue weighted by molar-refractivity contribution is 5.92. The van der Waals surface area contributed by atoms with Gasteiger partial charge in [0.1, 0.15) is 17.4 Å². The zero-order valence-electron chi connectivity index (χ0n) is 14.4. The molecule has 0 atom stereocenters. The van der Waals surface area contributed by atoms with E-state index in [1.807, 2.05) is 49.9 Å². The molecule has 0 bridgehead atoms. The van der Waals surface area contributed by atoms with Gasteiger partial charge in [-0.25, -0.2) is 4.98 Å². The van der Waals surface area contributed by atoms with E-state index >= 15 is 0 Å². The molecule has 1 aromatic carbocycles. The lowest BCUT2D eigenvalue weighted by Gasteiger charge is -2.10. The van der Waals surface area contributed by atoms with Crippen LogP contribution in [0.5, 0.6) is 11.6 Å². The SMILES string of the molecule is Cc1nc(Oc2ccc(NC(=O)C(C)C)cc2)cc(-n2cccc2)n1. The van der Waals surface area contributed by atoms with Crippen molar-refractivity contribution < 1.29 is 9.53 Å². The van der Waals surface area contributed by atoms with E-state index in [-0.39, 0.29) is 11.8 Å². The van der Waals surface area contributed by atoms with Gasteiger partial charge in [0.25, 0.3) is 0 Å². The summed E-state index contributed by atoms with van der Waals surface area (Å²) in [5.74, 6) is 2.40. The van der Waals surface area contributed by atoms with Crippen molar-refractivity contribution in [2.24, 2.45) is 5.92 Å². The molecule has 3 rings (SSSR count). The lowest BCUT2D eigenvalue weighted by Crippen LogP contribution is -2.17. The Morgan fingerprint density at radius 3 is 2.44 bits per heavy atom. The van der Waals surface area contributed by atoms with Crippen LogP contribution >= 0.6 is 0 Å². The molecule has 0 saturated carbocycles. The summed E-state index contributed by atoms with van der Waals surface area (Å²) in [5.41, 5.74) is 0.734. The molecule has 0 aliphatic rings. The Morgan fingerprint density at radius 2 is 1.80 bits per heavy atom. The minimum atomic E-state index is -0.0629. The Hall–Kier alpha value is -3.15. The Morgan fingerprint density at radius 1 is 1.12 bits per heavy atom. The molecule has 0 fully saturated rings. The standard InChI is InChI=1S/C19H20N4O2/c1-13(2)19(24)22-15-6-8-16(9-7-15)25-18-12-17(20-14(3)21-18)23-10-4-5-11-23/h4-13H,1-3H3,(H,22,24). The number of carbonyl (C=O) groups excluding carboxylic acids is 1. The van der Waals surface area contributed by atoms with Crippen molar-refractivity contribution >= 4 is 11.6 Å². The van der Waals surface area contributed by atoms with Crippen LogP contribution in [-0.4, -0.2) is 20.4 Å². The maximum atomic E-state index is 11.7. The highest BCUT2D eigenvalue weighted by Crippen LogP contribution is 2.23. The van der Waals surface area contributed by atoms with E-state index in [0.29, 0.717) is 17.5 Å². The van der Waals surface area contributed by atoms with E-state index in [9.17, 15) is 4.79 Å². The number of hydrogen-bond donors (Lipinski definition) is 1. The molecule has 1 N–H and O–H groups in total. The zero-order chi connectivity index (χ0) is 17.8. The second-order valence-corrected chi connectivity index (χ2v) is 5.97. The van der Waals surface area contributed by atoms with E-state index in [1.165, 1.54) is 0 Å². The van der Waals surface area contributed by atoms with Crippen LogP contribution in [0.1, 0.15) is 19.7 Å². The van der Waals surface area contributed by atoms with Gasteiger partial charge in [0.05, 0.1) is 0 Å². The van der Waals surface area contributed by atoms with Gasteiger partial charge in [-0.2, -0.15) is 4.98 Å². The van der Waals surface area contributed by atoms with Gasteiger partial charge in [-0.3, -0.25) is 4.79 Å². The molecule has 0 saturated heterocycles. The lowest BCUT2D eigenvalue weighted by atomic mass is 10.2. The van der Waals surface area contributed by atoms with Gasteiger partial charge in [0.2, 0.25) is 11.8 Å². The zero-order valence-corrected chi connectivity index (χ0v) is 14.4. The number of anilines is 1. The predicted octanol–water partition coefficient (Wildman–Crippen LogP) is 3.96. The number of nitrogens with one attached hydrogen (secondary N) is 1. The molecule has 128 valence electrons. The molecule has 3 aromatic rings. The lowest BCUT2D eigenvalue weighted by molar-refractivity contribution is -0.118. The second kappa shape index (κ2) is 7.17. The van der Waals surface area contributed by atoms with Gasteiger partial charge < -0.3 is 14.6 Å². The third kappa shape index (κ3) is 4.23. The first-order valence-corrected chi connectivity index (χ1v) is 8.09. The minimum absolute atomic E-state index is 0.0172. The van der Waals surface area contributed by atoms with Crippen molar-refractivity contribution in [1.82, 2.24) is 14.5 Å². The third-order valence-electron chi connectivity index (χ3n) is 3.54. The fourth-order valence-electron chi connectivity index (χ4n) is 2.21. The summed E-state index contributed by atoms with van der Waals surface area (Å²) in [5, 5.41) is 2.85. The molecule has 6 heteroatoms. The molecule has 25 heavy (non-hydrogen) atoms. The van der Waals surface area contributed by atoms with Gasteiger partial charge in [-0.1, -0.05) is 13.8 Å². The number of carbonyl (C=O) groups is 1. The molecule has 0 unspecified atom stereocenters. The summed E-state index contributed by atoms with van der Waals surface area (Å²) in [6.07, 6.45) is 3.83. The summed E-state index contributed by atoms with van der Waals surface area (Å²) >= 11 is 0. The number of hydrogen-bond acceptors (Lipinski definition) is 4. The Kier molecular flexibility index (Phi) is 4.79. The number of nitrogens with zero attached hydrogens (tertiary/aromatic N) is 3. The largest absolute Gasteiger partial charge is 0.439 e. The summed E-state index contributed by atoms with van der Waals surface area (Å²) in [6.45, 7) is 5.53. The average Bonchev–Trinajstić information content (AvgIpc) is 3.10. The van der Waals surface area contributed by atoms with E-state index in [2.05, 4.69) is 15.3 Å². The Bertz CT molecular complexity index is 856. The normalized spacial score (nSPS) is 10.7. The molecule has 1 amide bonds. The van der Waals surface area contributed by atoms with Gasteiger partial charge in [0, 0.05) is 30.1 Å². The number of benzene rings is 1. The Balaban J connectivity index is 1.75. The average molecular weight is 336 g/mol. The van der Waals surface area contributed by atoms with Gasteiger partial charge in [0.15, 0.2) is 0 Å². The quantitative estimate of drug-likeness (QED) is 0.765. The van der Waals surface area contributed by atoms with Crippen molar-refractivity contribution in [3.05, 3.63) is 60.7 Å². The van der Waals surface area contributed by atoms with Gasteiger partial charge in [-0.05, 0) is 43.3 Å². The monoisotopic (exact) mass is 336 g/mol. The van der Waals surface area contributed by atoms with Crippen LogP contribution in [0.15, 0.2) is 54.9 Å². The molecular weight excluding hydrogens is 316 g/mol. The molecular formula is C19H20N4O2. The van der Waals surface area contributed by atoms with E-state index in [1.54, 1.807) is 30.3 Å². The van der Waals surface area contributed by atoms with Gasteiger partial charge >= 0.3 is 0 Å². The fraction of sp³-hybridized carbons (Fsp3) is 0.211. The number of aromatic nitrogens is 3. The molecule has 6 nitrogen and oxygen atoms in total. The molecule has 2 aromatic heterocycles. The first-order chi connectivity index (χ1) is 12.0. The topological polar surface area (TPSA) is 69.0 Å². The number of rotatable bonds is 5. The van der Waals surface area contributed by atoms with E-state index < -0.39 is 0 Å². The predicted molar refractivity (Wildman–Crippen MR) is 96.1 cm³/mol. The fourth-order valence-corrected chi connectivity index (χ4v) is 2.21. The van der Waals surface area contributed by atoms with Crippen molar-refractivity contribution in [3.8, 4) is 17.4 Å². The number of aryl methyl sites for hydroxylation is 1. The summed E-state index contributed by atoms with van der Waals surface area (Å²) in [4.78, 5) is 20.4. The first kappa shape index (κ1) is 16.7. The number of amides is 1. The maximum Gasteiger partial charge on any atom is 0.226 e. The smallest absolute Gasteiger partial charge is 0.226 e. The minimum Gasteiger partial charge on any atom is -0.439 e. The van der Waals surface area contributed by atoms with Crippen LogP contribution in [-0.2, 0) is 4.79 Å². The van der Waals surface area contributed by atoms with Crippen molar-refractivity contribution in [3.63, 3.8) is 0 Å². The first-order valence-electron chi connectivity index (χ1n) is 8.09.